The fraction of sp³-hybridized carbons (Fsp3) is 0.556. The van der Waals surface area contributed by atoms with Gasteiger partial charge >= 0.3 is 5.97 Å². The average molecular weight is 473 g/mol. The number of benzene rings is 1. The van der Waals surface area contributed by atoms with E-state index in [-0.39, 0.29) is 17.9 Å². The van der Waals surface area contributed by atoms with E-state index in [1.807, 2.05) is 43.5 Å². The molecule has 188 valence electrons. The third-order valence-corrected chi connectivity index (χ3v) is 6.32. The Morgan fingerprint density at radius 1 is 1.06 bits per heavy atom. The molecule has 0 radical (unpaired) electrons. The topological polar surface area (TPSA) is 89.8 Å². The van der Waals surface area contributed by atoms with E-state index in [9.17, 15) is 14.7 Å². The molecule has 7 nitrogen and oxygen atoms in total. The maximum absolute atomic E-state index is 12.9. The lowest BCUT2D eigenvalue weighted by molar-refractivity contribution is -0.214. The summed E-state index contributed by atoms with van der Waals surface area (Å²) in [4.78, 5) is 34.8. The van der Waals surface area contributed by atoms with Crippen molar-refractivity contribution in [3.05, 3.63) is 52.8 Å². The Morgan fingerprint density at radius 2 is 1.74 bits per heavy atom. The quantitative estimate of drug-likeness (QED) is 0.333. The molecule has 2 aromatic rings. The number of carbonyl (C=O) groups excluding carboxylic acids is 2. The minimum atomic E-state index is -0.981. The highest BCUT2D eigenvalue weighted by Crippen LogP contribution is 2.41. The zero-order chi connectivity index (χ0) is 25.5. The minimum absolute atomic E-state index is 0.173. The van der Waals surface area contributed by atoms with Crippen LogP contribution in [0.3, 0.4) is 0 Å². The number of carbonyl (C=O) groups is 2. The predicted octanol–water partition coefficient (Wildman–Crippen LogP) is 5.06. The number of aromatic nitrogens is 1. The molecule has 1 heterocycles. The third-order valence-electron chi connectivity index (χ3n) is 6.32. The smallest absolute Gasteiger partial charge is 0.355 e. The maximum Gasteiger partial charge on any atom is 0.355 e. The van der Waals surface area contributed by atoms with Gasteiger partial charge in [0.25, 0.3) is 5.91 Å². The van der Waals surface area contributed by atoms with Gasteiger partial charge < -0.3 is 15.0 Å². The summed E-state index contributed by atoms with van der Waals surface area (Å²) < 4.78 is 1.95. The second kappa shape index (κ2) is 11.6. The van der Waals surface area contributed by atoms with Crippen LogP contribution in [0.25, 0.3) is 0 Å². The molecule has 7 heteroatoms. The molecule has 1 aromatic heterocycles. The maximum atomic E-state index is 12.9. The van der Waals surface area contributed by atoms with Crippen LogP contribution in [0.1, 0.15) is 94.4 Å². The van der Waals surface area contributed by atoms with Crippen LogP contribution in [0, 0.1) is 6.92 Å². The zero-order valence-electron chi connectivity index (χ0n) is 21.7. The number of amides is 1. The Kier molecular flexibility index (Phi) is 9.33. The fourth-order valence-corrected chi connectivity index (χ4v) is 4.22. The Morgan fingerprint density at radius 3 is 2.26 bits per heavy atom. The summed E-state index contributed by atoms with van der Waals surface area (Å²) in [5.74, 6) is -0.0870. The molecule has 34 heavy (non-hydrogen) atoms. The molecule has 0 saturated carbocycles. The number of aliphatic hydroxyl groups is 1. The van der Waals surface area contributed by atoms with Gasteiger partial charge in [-0.1, -0.05) is 32.9 Å². The van der Waals surface area contributed by atoms with Crippen LogP contribution in [0.5, 0.6) is 5.75 Å². The van der Waals surface area contributed by atoms with E-state index in [0.29, 0.717) is 30.8 Å². The standard InChI is InChI=1S/C27H40N2O5/c1-8-12-24(30)34-33-23-14-13-20(15-19(23)5)27(9-2,10-3)21-16-22(29(11-4)17-21)25(31)28-18-26(6,7)32/h13-17,32H,8-12,18H2,1-7H3,(H,28,31). The molecular weight excluding hydrogens is 432 g/mol. The van der Waals surface area contributed by atoms with Gasteiger partial charge in [-0.3, -0.25) is 14.6 Å². The van der Waals surface area contributed by atoms with Gasteiger partial charge in [-0.15, -0.1) is 0 Å². The van der Waals surface area contributed by atoms with Crippen molar-refractivity contribution in [2.75, 3.05) is 6.54 Å². The molecule has 1 amide bonds. The molecular formula is C27H40N2O5. The number of aryl methyl sites for hydroxylation is 2. The SMILES string of the molecule is CCCC(=O)OOc1ccc(C(CC)(CC)c2cc(C(=O)NCC(C)(C)O)n(CC)c2)cc1C. The highest BCUT2D eigenvalue weighted by Gasteiger charge is 2.33. The summed E-state index contributed by atoms with van der Waals surface area (Å²) in [7, 11) is 0. The van der Waals surface area contributed by atoms with Crippen molar-refractivity contribution in [3.63, 3.8) is 0 Å². The first-order valence-electron chi connectivity index (χ1n) is 12.2. The van der Waals surface area contributed by atoms with E-state index < -0.39 is 11.6 Å². The second-order valence-corrected chi connectivity index (χ2v) is 9.45. The van der Waals surface area contributed by atoms with E-state index in [4.69, 9.17) is 9.78 Å². The summed E-state index contributed by atoms with van der Waals surface area (Å²) in [5, 5.41) is 12.8. The number of hydrogen-bond acceptors (Lipinski definition) is 5. The monoisotopic (exact) mass is 472 g/mol. The summed E-state index contributed by atoms with van der Waals surface area (Å²) in [5.41, 5.74) is 2.34. The lowest BCUT2D eigenvalue weighted by Gasteiger charge is -2.32. The minimum Gasteiger partial charge on any atom is -0.389 e. The van der Waals surface area contributed by atoms with E-state index in [1.54, 1.807) is 13.8 Å². The largest absolute Gasteiger partial charge is 0.389 e. The molecule has 0 unspecified atom stereocenters. The van der Waals surface area contributed by atoms with Crippen LogP contribution in [-0.2, 0) is 21.6 Å². The lowest BCUT2D eigenvalue weighted by Crippen LogP contribution is -2.38. The summed E-state index contributed by atoms with van der Waals surface area (Å²) >= 11 is 0. The van der Waals surface area contributed by atoms with Gasteiger partial charge in [-0.05, 0) is 75.8 Å². The molecule has 0 saturated heterocycles. The second-order valence-electron chi connectivity index (χ2n) is 9.45. The van der Waals surface area contributed by atoms with E-state index in [1.165, 1.54) is 0 Å². The van der Waals surface area contributed by atoms with Gasteiger partial charge in [0.15, 0.2) is 5.75 Å². The van der Waals surface area contributed by atoms with Gasteiger partial charge in [0.05, 0.1) is 5.60 Å². The summed E-state index contributed by atoms with van der Waals surface area (Å²) in [6.45, 7) is 14.3. The van der Waals surface area contributed by atoms with Crippen LogP contribution in [0.15, 0.2) is 30.5 Å². The molecule has 0 fully saturated rings. The van der Waals surface area contributed by atoms with Crippen LogP contribution in [0.4, 0.5) is 0 Å². The number of rotatable bonds is 12. The molecule has 2 N–H and O–H groups in total. The fourth-order valence-electron chi connectivity index (χ4n) is 4.22. The van der Waals surface area contributed by atoms with Crippen molar-refractivity contribution < 1.29 is 24.5 Å². The molecule has 2 rings (SSSR count). The molecule has 1 aromatic carbocycles. The molecule has 0 aliphatic rings. The van der Waals surface area contributed by atoms with E-state index >= 15 is 0 Å². The predicted molar refractivity (Wildman–Crippen MR) is 133 cm³/mol. The van der Waals surface area contributed by atoms with Crippen LogP contribution < -0.4 is 10.2 Å². The molecule has 0 spiro atoms. The molecule has 0 bridgehead atoms. The number of nitrogens with one attached hydrogen (secondary N) is 1. The van der Waals surface area contributed by atoms with Gasteiger partial charge in [0, 0.05) is 31.1 Å². The van der Waals surface area contributed by atoms with Crippen LogP contribution in [-0.4, -0.2) is 33.7 Å². The zero-order valence-corrected chi connectivity index (χ0v) is 21.7. The van der Waals surface area contributed by atoms with Crippen molar-refractivity contribution in [1.82, 2.24) is 9.88 Å². The van der Waals surface area contributed by atoms with Gasteiger partial charge in [0.1, 0.15) is 5.69 Å². The summed E-state index contributed by atoms with van der Waals surface area (Å²) in [6.07, 6.45) is 4.75. The third kappa shape index (κ3) is 6.41. The molecule has 0 aliphatic heterocycles. The normalized spacial score (nSPS) is 11.9. The highest BCUT2D eigenvalue weighted by atomic mass is 17.2. The Bertz CT molecular complexity index is 983. The number of nitrogens with zero attached hydrogens (tertiary/aromatic N) is 1. The first-order chi connectivity index (χ1) is 16.0. The molecule has 0 atom stereocenters. The van der Waals surface area contributed by atoms with Gasteiger partial charge in [-0.25, -0.2) is 4.79 Å². The highest BCUT2D eigenvalue weighted by molar-refractivity contribution is 5.93. The number of hydrogen-bond donors (Lipinski definition) is 2. The average Bonchev–Trinajstić information content (AvgIpc) is 3.23. The first kappa shape index (κ1) is 27.4. The summed E-state index contributed by atoms with van der Waals surface area (Å²) in [6, 6.07) is 7.85. The van der Waals surface area contributed by atoms with Crippen molar-refractivity contribution in [3.8, 4) is 5.75 Å². The lowest BCUT2D eigenvalue weighted by atomic mass is 9.71. The van der Waals surface area contributed by atoms with Crippen LogP contribution in [0.2, 0.25) is 0 Å². The van der Waals surface area contributed by atoms with Crippen molar-refractivity contribution in [2.24, 2.45) is 0 Å². The Balaban J connectivity index is 2.39. The Hall–Kier alpha value is -2.80. The van der Waals surface area contributed by atoms with Crippen molar-refractivity contribution in [2.45, 2.75) is 91.7 Å². The van der Waals surface area contributed by atoms with Crippen LogP contribution >= 0.6 is 0 Å². The van der Waals surface area contributed by atoms with E-state index in [2.05, 4.69) is 31.4 Å². The van der Waals surface area contributed by atoms with Gasteiger partial charge in [-0.2, -0.15) is 0 Å². The van der Waals surface area contributed by atoms with E-state index in [0.717, 1.165) is 29.5 Å². The molecule has 0 aliphatic carbocycles. The Labute approximate surface area is 203 Å². The first-order valence-corrected chi connectivity index (χ1v) is 12.2. The van der Waals surface area contributed by atoms with Gasteiger partial charge in [0.2, 0.25) is 0 Å². The van der Waals surface area contributed by atoms with Crippen molar-refractivity contribution in [1.29, 1.82) is 0 Å². The van der Waals surface area contributed by atoms with Crippen molar-refractivity contribution >= 4 is 11.9 Å².